The SMILES string of the molecule is CCOc1ccc(S(=O)(=O)N(CC(=O)N(Cc2ccc(Cl)cc2Cl)[C@H](C)C(=O)NC)c2ccc(F)cc2)cc1. The number of hydrogen-bond acceptors (Lipinski definition) is 5. The zero-order chi connectivity index (χ0) is 28.7. The van der Waals surface area contributed by atoms with Crippen LogP contribution >= 0.6 is 23.2 Å². The van der Waals surface area contributed by atoms with Crippen LogP contribution in [0.3, 0.4) is 0 Å². The van der Waals surface area contributed by atoms with E-state index in [2.05, 4.69) is 5.32 Å². The van der Waals surface area contributed by atoms with Crippen LogP contribution < -0.4 is 14.4 Å². The number of sulfonamides is 1. The summed E-state index contributed by atoms with van der Waals surface area (Å²) < 4.78 is 47.5. The van der Waals surface area contributed by atoms with Gasteiger partial charge in [0, 0.05) is 23.6 Å². The van der Waals surface area contributed by atoms with Gasteiger partial charge in [-0.25, -0.2) is 12.8 Å². The van der Waals surface area contributed by atoms with Crippen LogP contribution in [0.15, 0.2) is 71.6 Å². The minimum absolute atomic E-state index is 0.0655. The maximum Gasteiger partial charge on any atom is 0.264 e. The van der Waals surface area contributed by atoms with E-state index in [1.165, 1.54) is 61.3 Å². The molecule has 1 atom stereocenters. The van der Waals surface area contributed by atoms with E-state index in [-0.39, 0.29) is 22.2 Å². The second kappa shape index (κ2) is 13.1. The molecule has 8 nitrogen and oxygen atoms in total. The largest absolute Gasteiger partial charge is 0.494 e. The number of halogens is 3. The van der Waals surface area contributed by atoms with Crippen LogP contribution in [-0.2, 0) is 26.2 Å². The number of carbonyl (C=O) groups is 2. The summed E-state index contributed by atoms with van der Waals surface area (Å²) in [6, 6.07) is 14.2. The van der Waals surface area contributed by atoms with E-state index < -0.39 is 40.2 Å². The van der Waals surface area contributed by atoms with E-state index in [0.717, 1.165) is 16.4 Å². The van der Waals surface area contributed by atoms with Crippen LogP contribution in [0, 0.1) is 5.82 Å². The van der Waals surface area contributed by atoms with Gasteiger partial charge in [0.05, 0.1) is 17.2 Å². The monoisotopic (exact) mass is 595 g/mol. The average molecular weight is 597 g/mol. The van der Waals surface area contributed by atoms with E-state index in [4.69, 9.17) is 27.9 Å². The average Bonchev–Trinajstić information content (AvgIpc) is 2.91. The summed E-state index contributed by atoms with van der Waals surface area (Å²) in [6.45, 7) is 2.95. The molecule has 0 aliphatic heterocycles. The van der Waals surface area contributed by atoms with Crippen molar-refractivity contribution in [3.8, 4) is 5.75 Å². The first-order chi connectivity index (χ1) is 18.5. The third kappa shape index (κ3) is 7.40. The molecule has 0 radical (unpaired) electrons. The molecule has 0 unspecified atom stereocenters. The van der Waals surface area contributed by atoms with Crippen LogP contribution in [0.25, 0.3) is 0 Å². The summed E-state index contributed by atoms with van der Waals surface area (Å²) in [6.07, 6.45) is 0. The Bertz CT molecular complexity index is 1420. The highest BCUT2D eigenvalue weighted by Gasteiger charge is 2.32. The van der Waals surface area contributed by atoms with Gasteiger partial charge in [0.2, 0.25) is 11.8 Å². The van der Waals surface area contributed by atoms with Crippen molar-refractivity contribution in [1.82, 2.24) is 10.2 Å². The van der Waals surface area contributed by atoms with Crippen molar-refractivity contribution in [2.45, 2.75) is 31.3 Å². The van der Waals surface area contributed by atoms with Crippen molar-refractivity contribution in [3.63, 3.8) is 0 Å². The fourth-order valence-electron chi connectivity index (χ4n) is 3.76. The zero-order valence-corrected chi connectivity index (χ0v) is 23.9. The van der Waals surface area contributed by atoms with Crippen LogP contribution in [0.2, 0.25) is 10.0 Å². The first-order valence-electron chi connectivity index (χ1n) is 11.9. The molecule has 39 heavy (non-hydrogen) atoms. The highest BCUT2D eigenvalue weighted by atomic mass is 35.5. The Morgan fingerprint density at radius 2 is 1.67 bits per heavy atom. The number of nitrogens with zero attached hydrogens (tertiary/aromatic N) is 2. The van der Waals surface area contributed by atoms with Gasteiger partial charge in [-0.3, -0.25) is 13.9 Å². The maximum absolute atomic E-state index is 13.8. The van der Waals surface area contributed by atoms with Crippen molar-refractivity contribution < 1.29 is 27.1 Å². The standard InChI is InChI=1S/C27H28Cl2FN3O5S/c1-4-38-23-11-13-24(14-12-23)39(36,37)33(22-9-7-21(30)8-10-22)17-26(34)32(18(2)27(35)31-3)16-19-5-6-20(28)15-25(19)29/h5-15,18H,4,16-17H2,1-3H3,(H,31,35)/t18-/m1/s1. The first kappa shape index (κ1) is 30.2. The molecule has 0 aliphatic rings. The molecule has 2 amide bonds. The summed E-state index contributed by atoms with van der Waals surface area (Å²) >= 11 is 12.3. The van der Waals surface area contributed by atoms with Crippen molar-refractivity contribution >= 4 is 50.7 Å². The number of benzene rings is 3. The number of hydrogen-bond donors (Lipinski definition) is 1. The Balaban J connectivity index is 2.03. The Morgan fingerprint density at radius 3 is 2.23 bits per heavy atom. The minimum Gasteiger partial charge on any atom is -0.494 e. The highest BCUT2D eigenvalue weighted by molar-refractivity contribution is 7.92. The normalized spacial score (nSPS) is 11.9. The molecular weight excluding hydrogens is 568 g/mol. The van der Waals surface area contributed by atoms with Gasteiger partial charge in [-0.05, 0) is 80.1 Å². The second-order valence-electron chi connectivity index (χ2n) is 8.44. The van der Waals surface area contributed by atoms with Crippen LogP contribution in [0.4, 0.5) is 10.1 Å². The molecule has 3 aromatic rings. The predicted octanol–water partition coefficient (Wildman–Crippen LogP) is 4.89. The van der Waals surface area contributed by atoms with Crippen molar-refractivity contribution in [2.24, 2.45) is 0 Å². The lowest BCUT2D eigenvalue weighted by molar-refractivity contribution is -0.139. The van der Waals surface area contributed by atoms with Crippen molar-refractivity contribution in [2.75, 3.05) is 24.5 Å². The van der Waals surface area contributed by atoms with Gasteiger partial charge in [-0.15, -0.1) is 0 Å². The predicted molar refractivity (Wildman–Crippen MR) is 149 cm³/mol. The fraction of sp³-hybridized carbons (Fsp3) is 0.259. The van der Waals surface area contributed by atoms with Crippen molar-refractivity contribution in [3.05, 3.63) is 88.2 Å². The Morgan fingerprint density at radius 1 is 1.03 bits per heavy atom. The van der Waals surface area contributed by atoms with Gasteiger partial charge in [0.25, 0.3) is 10.0 Å². The topological polar surface area (TPSA) is 96.0 Å². The molecule has 0 heterocycles. The first-order valence-corrected chi connectivity index (χ1v) is 14.1. The maximum atomic E-state index is 13.8. The third-order valence-corrected chi connectivity index (χ3v) is 8.26. The third-order valence-electron chi connectivity index (χ3n) is 5.89. The Kier molecular flexibility index (Phi) is 10.2. The van der Waals surface area contributed by atoms with Gasteiger partial charge < -0.3 is 15.0 Å². The number of carbonyl (C=O) groups excluding carboxylic acids is 2. The molecule has 0 aliphatic carbocycles. The van der Waals surface area contributed by atoms with E-state index >= 15 is 0 Å². The van der Waals surface area contributed by atoms with Gasteiger partial charge in [-0.1, -0.05) is 29.3 Å². The number of amides is 2. The number of nitrogens with one attached hydrogen (secondary N) is 1. The molecule has 3 aromatic carbocycles. The molecule has 0 fully saturated rings. The van der Waals surface area contributed by atoms with Crippen LogP contribution in [0.1, 0.15) is 19.4 Å². The molecule has 12 heteroatoms. The van der Waals surface area contributed by atoms with E-state index in [1.807, 2.05) is 0 Å². The lowest BCUT2D eigenvalue weighted by atomic mass is 10.1. The van der Waals surface area contributed by atoms with Crippen LogP contribution in [-0.4, -0.2) is 51.4 Å². The highest BCUT2D eigenvalue weighted by Crippen LogP contribution is 2.27. The smallest absolute Gasteiger partial charge is 0.264 e. The quantitative estimate of drug-likeness (QED) is 0.340. The minimum atomic E-state index is -4.30. The second-order valence-corrected chi connectivity index (χ2v) is 11.1. The van der Waals surface area contributed by atoms with E-state index in [1.54, 1.807) is 19.1 Å². The Labute approximate surface area is 237 Å². The van der Waals surface area contributed by atoms with Gasteiger partial charge in [-0.2, -0.15) is 0 Å². The number of likely N-dealkylation sites (N-methyl/N-ethyl adjacent to an activating group) is 1. The summed E-state index contributed by atoms with van der Waals surface area (Å²) in [5.41, 5.74) is 0.573. The summed E-state index contributed by atoms with van der Waals surface area (Å²) in [5.74, 6) is -1.24. The molecule has 208 valence electrons. The molecule has 0 saturated heterocycles. The van der Waals surface area contributed by atoms with Gasteiger partial charge in [0.1, 0.15) is 24.2 Å². The molecular formula is C27H28Cl2FN3O5S. The van der Waals surface area contributed by atoms with Gasteiger partial charge >= 0.3 is 0 Å². The molecule has 0 saturated carbocycles. The molecule has 3 rings (SSSR count). The van der Waals surface area contributed by atoms with Gasteiger partial charge in [0.15, 0.2) is 0 Å². The Hall–Kier alpha value is -3.34. The molecule has 0 spiro atoms. The van der Waals surface area contributed by atoms with E-state index in [9.17, 15) is 22.4 Å². The number of ether oxygens (including phenoxy) is 1. The number of anilines is 1. The van der Waals surface area contributed by atoms with Crippen molar-refractivity contribution in [1.29, 1.82) is 0 Å². The zero-order valence-electron chi connectivity index (χ0n) is 21.5. The lowest BCUT2D eigenvalue weighted by Gasteiger charge is -2.32. The molecule has 0 aromatic heterocycles. The fourth-order valence-corrected chi connectivity index (χ4v) is 5.65. The number of rotatable bonds is 11. The summed E-state index contributed by atoms with van der Waals surface area (Å²) in [7, 11) is -2.87. The summed E-state index contributed by atoms with van der Waals surface area (Å²) in [4.78, 5) is 27.4. The lowest BCUT2D eigenvalue weighted by Crippen LogP contribution is -2.50. The van der Waals surface area contributed by atoms with Crippen LogP contribution in [0.5, 0.6) is 5.75 Å². The summed E-state index contributed by atoms with van der Waals surface area (Å²) in [5, 5.41) is 3.17. The molecule has 0 bridgehead atoms. The molecule has 1 N–H and O–H groups in total. The van der Waals surface area contributed by atoms with E-state index in [0.29, 0.717) is 22.9 Å².